The molecule has 1 atom stereocenters. The first-order valence-corrected chi connectivity index (χ1v) is 12.2. The van der Waals surface area contributed by atoms with E-state index in [1.165, 1.54) is 22.5 Å². The largest absolute Gasteiger partial charge is 0.345 e. The lowest BCUT2D eigenvalue weighted by atomic mass is 10.0. The van der Waals surface area contributed by atoms with Gasteiger partial charge in [0.25, 0.3) is 5.91 Å². The van der Waals surface area contributed by atoms with Gasteiger partial charge in [0.2, 0.25) is 10.0 Å². The molecule has 3 rings (SSSR count). The van der Waals surface area contributed by atoms with Crippen molar-refractivity contribution >= 4 is 27.5 Å². The van der Waals surface area contributed by atoms with Crippen LogP contribution in [0.4, 0.5) is 0 Å². The quantitative estimate of drug-likeness (QED) is 0.679. The second-order valence-electron chi connectivity index (χ2n) is 8.07. The topological polar surface area (TPSA) is 66.5 Å². The Bertz CT molecular complexity index is 998. The highest BCUT2D eigenvalue weighted by atomic mass is 35.5. The van der Waals surface area contributed by atoms with Gasteiger partial charge in [-0.3, -0.25) is 4.79 Å². The molecule has 1 amide bonds. The van der Waals surface area contributed by atoms with Crippen LogP contribution in [-0.2, 0) is 10.0 Å². The molecule has 30 heavy (non-hydrogen) atoms. The molecular weight excluding hydrogens is 420 g/mol. The summed E-state index contributed by atoms with van der Waals surface area (Å²) in [5.41, 5.74) is 2.32. The number of aryl methyl sites for hydroxylation is 1. The third kappa shape index (κ3) is 5.05. The molecule has 1 aliphatic heterocycles. The van der Waals surface area contributed by atoms with Gasteiger partial charge in [0.05, 0.1) is 21.5 Å². The molecule has 1 heterocycles. The number of benzene rings is 2. The molecule has 2 aromatic rings. The maximum atomic E-state index is 13.1. The first-order chi connectivity index (χ1) is 14.2. The Hall–Kier alpha value is -1.89. The minimum atomic E-state index is -3.65. The van der Waals surface area contributed by atoms with Crippen LogP contribution in [0.1, 0.15) is 60.6 Å². The molecule has 7 heteroatoms. The van der Waals surface area contributed by atoms with Gasteiger partial charge in [-0.05, 0) is 55.9 Å². The maximum Gasteiger partial charge on any atom is 0.253 e. The molecule has 0 spiro atoms. The second-order valence-corrected chi connectivity index (χ2v) is 10.4. The van der Waals surface area contributed by atoms with Crippen LogP contribution >= 0.6 is 11.6 Å². The number of halogens is 1. The fourth-order valence-electron chi connectivity index (χ4n) is 3.67. The minimum Gasteiger partial charge on any atom is -0.345 e. The van der Waals surface area contributed by atoms with Crippen molar-refractivity contribution in [2.45, 2.75) is 51.0 Å². The number of nitrogens with one attached hydrogen (secondary N) is 1. The molecule has 0 aliphatic carbocycles. The first kappa shape index (κ1) is 22.8. The third-order valence-corrected chi connectivity index (χ3v) is 7.98. The van der Waals surface area contributed by atoms with Gasteiger partial charge in [-0.2, -0.15) is 4.31 Å². The van der Waals surface area contributed by atoms with Crippen LogP contribution < -0.4 is 5.32 Å². The number of amides is 1. The summed E-state index contributed by atoms with van der Waals surface area (Å²) in [6.45, 7) is 7.13. The Kier molecular flexibility index (Phi) is 7.22. The van der Waals surface area contributed by atoms with Crippen molar-refractivity contribution in [1.29, 1.82) is 0 Å². The van der Waals surface area contributed by atoms with Crippen LogP contribution in [-0.4, -0.2) is 31.7 Å². The van der Waals surface area contributed by atoms with E-state index < -0.39 is 10.0 Å². The van der Waals surface area contributed by atoms with E-state index in [0.29, 0.717) is 25.4 Å². The Morgan fingerprint density at radius 3 is 2.40 bits per heavy atom. The van der Waals surface area contributed by atoms with Crippen LogP contribution in [0.15, 0.2) is 47.4 Å². The zero-order valence-corrected chi connectivity index (χ0v) is 19.3. The lowest BCUT2D eigenvalue weighted by Crippen LogP contribution is -2.38. The summed E-state index contributed by atoms with van der Waals surface area (Å²) >= 11 is 6.27. The van der Waals surface area contributed by atoms with E-state index in [1.54, 1.807) is 0 Å². The van der Waals surface area contributed by atoms with E-state index in [1.807, 2.05) is 38.1 Å². The number of sulfonamides is 1. The monoisotopic (exact) mass is 448 g/mol. The molecule has 1 saturated heterocycles. The molecular formula is C23H29ClN2O3S. The van der Waals surface area contributed by atoms with Gasteiger partial charge in [0.1, 0.15) is 0 Å². The molecule has 0 unspecified atom stereocenters. The maximum absolute atomic E-state index is 13.1. The summed E-state index contributed by atoms with van der Waals surface area (Å²) in [5.74, 6) is 0.146. The SMILES string of the molecule is CC[C@@H](NC(=O)c1cc(S(=O)(=O)N2CCC(C)CC2)ccc1Cl)c1ccc(C)cc1. The van der Waals surface area contributed by atoms with Crippen molar-refractivity contribution in [2.75, 3.05) is 13.1 Å². The second kappa shape index (κ2) is 9.50. The number of carbonyl (C=O) groups is 1. The van der Waals surface area contributed by atoms with E-state index >= 15 is 0 Å². The highest BCUT2D eigenvalue weighted by molar-refractivity contribution is 7.89. The molecule has 0 saturated carbocycles. The average molecular weight is 449 g/mol. The van der Waals surface area contributed by atoms with E-state index in [4.69, 9.17) is 11.6 Å². The predicted molar refractivity (Wildman–Crippen MR) is 120 cm³/mol. The number of nitrogens with zero attached hydrogens (tertiary/aromatic N) is 1. The Labute approximate surface area is 184 Å². The van der Waals surface area contributed by atoms with Crippen molar-refractivity contribution in [3.05, 3.63) is 64.2 Å². The number of rotatable bonds is 6. The molecule has 1 aliphatic rings. The Balaban J connectivity index is 1.83. The van der Waals surface area contributed by atoms with Crippen molar-refractivity contribution < 1.29 is 13.2 Å². The summed E-state index contributed by atoms with van der Waals surface area (Å²) in [5, 5.41) is 3.23. The van der Waals surface area contributed by atoms with Crippen LogP contribution in [0.25, 0.3) is 0 Å². The van der Waals surface area contributed by atoms with Gasteiger partial charge in [-0.15, -0.1) is 0 Å². The van der Waals surface area contributed by atoms with Gasteiger partial charge >= 0.3 is 0 Å². The molecule has 1 fully saturated rings. The fourth-order valence-corrected chi connectivity index (χ4v) is 5.37. The van der Waals surface area contributed by atoms with E-state index in [0.717, 1.165) is 24.0 Å². The van der Waals surface area contributed by atoms with Gasteiger partial charge in [-0.25, -0.2) is 8.42 Å². The minimum absolute atomic E-state index is 0.106. The molecule has 162 valence electrons. The van der Waals surface area contributed by atoms with E-state index in [-0.39, 0.29) is 27.4 Å². The van der Waals surface area contributed by atoms with Crippen LogP contribution in [0.3, 0.4) is 0 Å². The zero-order chi connectivity index (χ0) is 21.9. The summed E-state index contributed by atoms with van der Waals surface area (Å²) in [6.07, 6.45) is 2.39. The van der Waals surface area contributed by atoms with E-state index in [2.05, 4.69) is 12.2 Å². The van der Waals surface area contributed by atoms with Crippen LogP contribution in [0, 0.1) is 12.8 Å². The highest BCUT2D eigenvalue weighted by Gasteiger charge is 2.29. The van der Waals surface area contributed by atoms with Gasteiger partial charge in [0, 0.05) is 13.1 Å². The normalized spacial score (nSPS) is 16.9. The molecule has 1 N–H and O–H groups in total. The lowest BCUT2D eigenvalue weighted by molar-refractivity contribution is 0.0935. The van der Waals surface area contributed by atoms with Gasteiger partial charge in [-0.1, -0.05) is 55.3 Å². The Morgan fingerprint density at radius 2 is 1.80 bits per heavy atom. The molecule has 5 nitrogen and oxygen atoms in total. The Morgan fingerprint density at radius 1 is 1.17 bits per heavy atom. The van der Waals surface area contributed by atoms with Crippen LogP contribution in [0.2, 0.25) is 5.02 Å². The van der Waals surface area contributed by atoms with Crippen LogP contribution in [0.5, 0.6) is 0 Å². The van der Waals surface area contributed by atoms with Crippen molar-refractivity contribution in [1.82, 2.24) is 9.62 Å². The summed E-state index contributed by atoms with van der Waals surface area (Å²) in [6, 6.07) is 12.2. The van der Waals surface area contributed by atoms with Gasteiger partial charge in [0.15, 0.2) is 0 Å². The highest BCUT2D eigenvalue weighted by Crippen LogP contribution is 2.27. The number of carbonyl (C=O) groups excluding carboxylic acids is 1. The number of hydrogen-bond acceptors (Lipinski definition) is 3. The van der Waals surface area contributed by atoms with Crippen molar-refractivity contribution in [2.24, 2.45) is 5.92 Å². The summed E-state index contributed by atoms with van der Waals surface area (Å²) in [4.78, 5) is 13.1. The standard InChI is InChI=1S/C23H29ClN2O3S/c1-4-22(18-7-5-16(2)6-8-18)25-23(27)20-15-19(9-10-21(20)24)30(28,29)26-13-11-17(3)12-14-26/h5-10,15,17,22H,4,11-14H2,1-3H3,(H,25,27)/t22-/m1/s1. The van der Waals surface area contributed by atoms with Crippen molar-refractivity contribution in [3.8, 4) is 0 Å². The smallest absolute Gasteiger partial charge is 0.253 e. The third-order valence-electron chi connectivity index (χ3n) is 5.76. The molecule has 0 radical (unpaired) electrons. The fraction of sp³-hybridized carbons (Fsp3) is 0.435. The predicted octanol–water partition coefficient (Wildman–Crippen LogP) is 4.95. The van der Waals surface area contributed by atoms with Gasteiger partial charge < -0.3 is 5.32 Å². The first-order valence-electron chi connectivity index (χ1n) is 10.4. The average Bonchev–Trinajstić information content (AvgIpc) is 2.73. The zero-order valence-electron chi connectivity index (χ0n) is 17.7. The summed E-state index contributed by atoms with van der Waals surface area (Å²) in [7, 11) is -3.65. The van der Waals surface area contributed by atoms with Crippen molar-refractivity contribution in [3.63, 3.8) is 0 Å². The lowest BCUT2D eigenvalue weighted by Gasteiger charge is -2.29. The van der Waals surface area contributed by atoms with E-state index in [9.17, 15) is 13.2 Å². The molecule has 0 aromatic heterocycles. The summed E-state index contributed by atoms with van der Waals surface area (Å²) < 4.78 is 27.6. The number of hydrogen-bond donors (Lipinski definition) is 1. The number of piperidine rings is 1. The molecule has 2 aromatic carbocycles. The molecule has 0 bridgehead atoms.